The minimum absolute atomic E-state index is 0.227. The van der Waals surface area contributed by atoms with Crippen LogP contribution in [0, 0.1) is 5.92 Å². The number of benzene rings is 2. The Hall–Kier alpha value is -3.55. The highest BCUT2D eigenvalue weighted by molar-refractivity contribution is 5.81. The van der Waals surface area contributed by atoms with Crippen LogP contribution in [0.3, 0.4) is 0 Å². The lowest BCUT2D eigenvalue weighted by Gasteiger charge is -2.29. The van der Waals surface area contributed by atoms with Gasteiger partial charge in [0.1, 0.15) is 17.9 Å². The van der Waals surface area contributed by atoms with E-state index in [-0.39, 0.29) is 24.4 Å². The number of hydrogen-bond donors (Lipinski definition) is 1. The van der Waals surface area contributed by atoms with Crippen LogP contribution in [0.15, 0.2) is 59.0 Å². The number of aromatic nitrogens is 1. The Bertz CT molecular complexity index is 979. The van der Waals surface area contributed by atoms with Crippen molar-refractivity contribution in [3.05, 3.63) is 54.6 Å². The van der Waals surface area contributed by atoms with Crippen molar-refractivity contribution in [3.8, 4) is 5.75 Å². The highest BCUT2D eigenvalue weighted by Gasteiger charge is 2.28. The van der Waals surface area contributed by atoms with Crippen LogP contribution in [0.4, 0.5) is 6.01 Å². The summed E-state index contributed by atoms with van der Waals surface area (Å²) in [5.41, 5.74) is 1.57. The molecular formula is C23H25N3O5. The highest BCUT2D eigenvalue weighted by Crippen LogP contribution is 2.26. The predicted molar refractivity (Wildman–Crippen MR) is 115 cm³/mol. The Morgan fingerprint density at radius 1 is 1.06 bits per heavy atom. The minimum atomic E-state index is -0.340. The van der Waals surface area contributed by atoms with E-state index in [1.165, 1.54) is 0 Å². The smallest absolute Gasteiger partial charge is 0.309 e. The van der Waals surface area contributed by atoms with E-state index in [9.17, 15) is 9.59 Å². The molecule has 162 valence electrons. The van der Waals surface area contributed by atoms with Crippen molar-refractivity contribution in [1.29, 1.82) is 0 Å². The van der Waals surface area contributed by atoms with Crippen LogP contribution in [-0.2, 0) is 14.3 Å². The second kappa shape index (κ2) is 9.97. The molecule has 0 atom stereocenters. The number of nitrogens with zero attached hydrogens (tertiary/aromatic N) is 2. The first-order chi connectivity index (χ1) is 15.2. The van der Waals surface area contributed by atoms with E-state index in [2.05, 4.69) is 10.3 Å². The Morgan fingerprint density at radius 2 is 1.81 bits per heavy atom. The standard InChI is InChI=1S/C23H25N3O5/c27-21(24-12-15-29-18-6-2-1-3-7-18)16-30-22(28)17-10-13-26(14-11-17)23-25-19-8-4-5-9-20(19)31-23/h1-9,17H,10-16H2,(H,24,27). The number of carbonyl (C=O) groups is 2. The Morgan fingerprint density at radius 3 is 2.58 bits per heavy atom. The molecule has 2 aromatic carbocycles. The number of oxazole rings is 1. The zero-order valence-electron chi connectivity index (χ0n) is 17.2. The molecule has 1 aromatic heterocycles. The van der Waals surface area contributed by atoms with Gasteiger partial charge in [0.05, 0.1) is 12.5 Å². The molecule has 1 saturated heterocycles. The summed E-state index contributed by atoms with van der Waals surface area (Å²) in [6, 6.07) is 17.6. The number of ether oxygens (including phenoxy) is 2. The number of piperidine rings is 1. The molecule has 0 radical (unpaired) electrons. The molecule has 3 aromatic rings. The summed E-state index contributed by atoms with van der Waals surface area (Å²) in [5, 5.41) is 2.68. The normalized spacial score (nSPS) is 14.4. The van der Waals surface area contributed by atoms with Gasteiger partial charge in [-0.25, -0.2) is 0 Å². The zero-order valence-corrected chi connectivity index (χ0v) is 17.2. The molecule has 0 bridgehead atoms. The lowest BCUT2D eigenvalue weighted by molar-refractivity contribution is -0.153. The second-order valence-electron chi connectivity index (χ2n) is 7.34. The van der Waals surface area contributed by atoms with Crippen LogP contribution in [0.2, 0.25) is 0 Å². The molecular weight excluding hydrogens is 398 g/mol. The average Bonchev–Trinajstić information content (AvgIpc) is 3.25. The fraction of sp³-hybridized carbons (Fsp3) is 0.348. The quantitative estimate of drug-likeness (QED) is 0.440. The van der Waals surface area contributed by atoms with Gasteiger partial charge in [-0.2, -0.15) is 4.98 Å². The van der Waals surface area contributed by atoms with E-state index in [0.29, 0.717) is 45.1 Å². The topological polar surface area (TPSA) is 93.9 Å². The Labute approximate surface area is 180 Å². The number of para-hydroxylation sites is 3. The third-order valence-electron chi connectivity index (χ3n) is 5.16. The SMILES string of the molecule is O=C(COC(=O)C1CCN(c2nc3ccccc3o2)CC1)NCCOc1ccccc1. The average molecular weight is 423 g/mol. The summed E-state index contributed by atoms with van der Waals surface area (Å²) < 4.78 is 16.5. The molecule has 0 unspecified atom stereocenters. The minimum Gasteiger partial charge on any atom is -0.492 e. The lowest BCUT2D eigenvalue weighted by atomic mass is 9.97. The number of anilines is 1. The monoisotopic (exact) mass is 423 g/mol. The molecule has 1 aliphatic heterocycles. The molecule has 4 rings (SSSR count). The first-order valence-electron chi connectivity index (χ1n) is 10.4. The van der Waals surface area contributed by atoms with Crippen LogP contribution in [0.5, 0.6) is 5.75 Å². The van der Waals surface area contributed by atoms with Crippen molar-refractivity contribution in [3.63, 3.8) is 0 Å². The molecule has 8 nitrogen and oxygen atoms in total. The van der Waals surface area contributed by atoms with Crippen molar-refractivity contribution in [2.75, 3.05) is 37.7 Å². The van der Waals surface area contributed by atoms with Gasteiger partial charge < -0.3 is 24.1 Å². The summed E-state index contributed by atoms with van der Waals surface area (Å²) in [6.45, 7) is 1.70. The van der Waals surface area contributed by atoms with Crippen molar-refractivity contribution in [2.24, 2.45) is 5.92 Å². The predicted octanol–water partition coefficient (Wildman–Crippen LogP) is 2.78. The van der Waals surface area contributed by atoms with Gasteiger partial charge in [-0.3, -0.25) is 9.59 Å². The van der Waals surface area contributed by atoms with Crippen LogP contribution in [-0.4, -0.2) is 49.7 Å². The zero-order chi connectivity index (χ0) is 21.5. The van der Waals surface area contributed by atoms with Gasteiger partial charge in [0, 0.05) is 13.1 Å². The van der Waals surface area contributed by atoms with Gasteiger partial charge in [-0.1, -0.05) is 30.3 Å². The fourth-order valence-electron chi connectivity index (χ4n) is 3.48. The number of carbonyl (C=O) groups excluding carboxylic acids is 2. The molecule has 0 spiro atoms. The molecule has 1 N–H and O–H groups in total. The van der Waals surface area contributed by atoms with Crippen molar-refractivity contribution >= 4 is 29.0 Å². The Balaban J connectivity index is 1.14. The summed E-state index contributed by atoms with van der Waals surface area (Å²) in [4.78, 5) is 30.7. The first-order valence-corrected chi connectivity index (χ1v) is 10.4. The van der Waals surface area contributed by atoms with Gasteiger partial charge in [0.25, 0.3) is 11.9 Å². The maximum atomic E-state index is 12.3. The van der Waals surface area contributed by atoms with Gasteiger partial charge in [0.2, 0.25) is 0 Å². The third-order valence-corrected chi connectivity index (χ3v) is 5.16. The number of fused-ring (bicyclic) bond motifs is 1. The van der Waals surface area contributed by atoms with Gasteiger partial charge in [-0.05, 0) is 37.1 Å². The van der Waals surface area contributed by atoms with Crippen LogP contribution in [0.25, 0.3) is 11.1 Å². The summed E-state index contributed by atoms with van der Waals surface area (Å²) in [7, 11) is 0. The van der Waals surface area contributed by atoms with Crippen molar-refractivity contribution < 1.29 is 23.5 Å². The maximum Gasteiger partial charge on any atom is 0.309 e. The van der Waals surface area contributed by atoms with E-state index in [0.717, 1.165) is 16.8 Å². The van der Waals surface area contributed by atoms with Crippen LogP contribution < -0.4 is 15.0 Å². The number of rotatable bonds is 8. The molecule has 1 fully saturated rings. The summed E-state index contributed by atoms with van der Waals surface area (Å²) >= 11 is 0. The summed E-state index contributed by atoms with van der Waals surface area (Å²) in [5.74, 6) is -0.163. The Kier molecular flexibility index (Phi) is 6.66. The van der Waals surface area contributed by atoms with Crippen LogP contribution in [0.1, 0.15) is 12.8 Å². The fourth-order valence-corrected chi connectivity index (χ4v) is 3.48. The molecule has 1 amide bonds. The van der Waals surface area contributed by atoms with Crippen molar-refractivity contribution in [1.82, 2.24) is 10.3 Å². The maximum absolute atomic E-state index is 12.3. The number of hydrogen-bond acceptors (Lipinski definition) is 7. The van der Waals surface area contributed by atoms with Gasteiger partial charge in [-0.15, -0.1) is 0 Å². The summed E-state index contributed by atoms with van der Waals surface area (Å²) in [6.07, 6.45) is 1.26. The van der Waals surface area contributed by atoms with Crippen LogP contribution >= 0.6 is 0 Å². The van der Waals surface area contributed by atoms with Gasteiger partial charge >= 0.3 is 5.97 Å². The van der Waals surface area contributed by atoms with E-state index >= 15 is 0 Å². The van der Waals surface area contributed by atoms with E-state index in [1.54, 1.807) is 0 Å². The van der Waals surface area contributed by atoms with E-state index in [4.69, 9.17) is 13.9 Å². The number of nitrogens with one attached hydrogen (secondary N) is 1. The van der Waals surface area contributed by atoms with Crippen molar-refractivity contribution in [2.45, 2.75) is 12.8 Å². The molecule has 0 saturated carbocycles. The first kappa shape index (κ1) is 20.7. The highest BCUT2D eigenvalue weighted by atomic mass is 16.5. The molecule has 0 aliphatic carbocycles. The van der Waals surface area contributed by atoms with E-state index in [1.807, 2.05) is 59.5 Å². The lowest BCUT2D eigenvalue weighted by Crippen LogP contribution is -2.38. The number of esters is 1. The van der Waals surface area contributed by atoms with Gasteiger partial charge in [0.15, 0.2) is 12.2 Å². The second-order valence-corrected chi connectivity index (χ2v) is 7.34. The molecule has 1 aliphatic rings. The molecule has 31 heavy (non-hydrogen) atoms. The molecule has 8 heteroatoms. The third kappa shape index (κ3) is 5.53. The molecule has 2 heterocycles. The van der Waals surface area contributed by atoms with E-state index < -0.39 is 0 Å². The largest absolute Gasteiger partial charge is 0.492 e. The number of amides is 1.